The van der Waals surface area contributed by atoms with Crippen LogP contribution in [0.15, 0.2) is 24.3 Å². The number of likely N-dealkylation sites (N-methyl/N-ethyl adjacent to an activating group) is 1. The topological polar surface area (TPSA) is 20.3 Å². The zero-order chi connectivity index (χ0) is 12.3. The van der Waals surface area contributed by atoms with Gasteiger partial charge in [-0.15, -0.1) is 0 Å². The van der Waals surface area contributed by atoms with Crippen molar-refractivity contribution < 1.29 is 4.79 Å². The van der Waals surface area contributed by atoms with Gasteiger partial charge in [-0.3, -0.25) is 4.79 Å². The zero-order valence-electron chi connectivity index (χ0n) is 10.8. The third kappa shape index (κ3) is 3.09. The summed E-state index contributed by atoms with van der Waals surface area (Å²) in [6.07, 6.45) is 4.65. The first-order chi connectivity index (χ1) is 8.16. The molecule has 0 aliphatic heterocycles. The highest BCUT2D eigenvalue weighted by molar-refractivity contribution is 5.85. The van der Waals surface area contributed by atoms with Gasteiger partial charge in [-0.2, -0.15) is 0 Å². The second kappa shape index (κ2) is 5.35. The maximum absolute atomic E-state index is 12.1. The Morgan fingerprint density at radius 3 is 2.71 bits per heavy atom. The first kappa shape index (κ1) is 12.2. The lowest BCUT2D eigenvalue weighted by Gasteiger charge is -2.20. The number of rotatable bonds is 4. The number of hydrogen-bond acceptors (Lipinski definition) is 2. The van der Waals surface area contributed by atoms with Crippen LogP contribution in [0, 0.1) is 12.8 Å². The van der Waals surface area contributed by atoms with E-state index in [0.717, 1.165) is 18.5 Å². The summed E-state index contributed by atoms with van der Waals surface area (Å²) < 4.78 is 0. The number of anilines is 1. The van der Waals surface area contributed by atoms with E-state index >= 15 is 0 Å². The molecule has 0 aromatic heterocycles. The molecule has 1 aromatic carbocycles. The lowest BCUT2D eigenvalue weighted by molar-refractivity contribution is -0.121. The summed E-state index contributed by atoms with van der Waals surface area (Å²) in [5.74, 6) is 0.730. The molecular formula is C15H21NO. The van der Waals surface area contributed by atoms with Crippen molar-refractivity contribution in [3.63, 3.8) is 0 Å². The third-order valence-corrected chi connectivity index (χ3v) is 3.65. The molecule has 2 nitrogen and oxygen atoms in total. The van der Waals surface area contributed by atoms with Crippen molar-refractivity contribution in [3.8, 4) is 0 Å². The summed E-state index contributed by atoms with van der Waals surface area (Å²) in [7, 11) is 2.00. The number of carbonyl (C=O) groups excluding carboxylic acids is 1. The molecule has 0 radical (unpaired) electrons. The number of hydrogen-bond donors (Lipinski definition) is 0. The third-order valence-electron chi connectivity index (χ3n) is 3.65. The molecular weight excluding hydrogens is 210 g/mol. The number of benzene rings is 1. The lowest BCUT2D eigenvalue weighted by Crippen LogP contribution is -2.29. The predicted molar refractivity (Wildman–Crippen MR) is 71.4 cm³/mol. The number of ketones is 1. The van der Waals surface area contributed by atoms with Crippen molar-refractivity contribution in [2.24, 2.45) is 5.92 Å². The summed E-state index contributed by atoms with van der Waals surface area (Å²) in [6, 6.07) is 8.31. The molecule has 92 valence electrons. The molecule has 0 heterocycles. The van der Waals surface area contributed by atoms with E-state index in [1.807, 2.05) is 13.1 Å². The Morgan fingerprint density at radius 2 is 2.06 bits per heavy atom. The molecule has 2 rings (SSSR count). The smallest absolute Gasteiger partial charge is 0.155 e. The van der Waals surface area contributed by atoms with Crippen LogP contribution >= 0.6 is 0 Å². The Kier molecular flexibility index (Phi) is 3.82. The Bertz CT molecular complexity index is 394. The molecule has 1 aliphatic rings. The van der Waals surface area contributed by atoms with Crippen LogP contribution in [0.25, 0.3) is 0 Å². The van der Waals surface area contributed by atoms with Crippen LogP contribution in [0.2, 0.25) is 0 Å². The molecule has 1 saturated carbocycles. The molecule has 0 unspecified atom stereocenters. The normalized spacial score (nSPS) is 16.1. The van der Waals surface area contributed by atoms with Gasteiger partial charge < -0.3 is 4.90 Å². The Hall–Kier alpha value is -1.31. The average Bonchev–Trinajstić information content (AvgIpc) is 2.82. The van der Waals surface area contributed by atoms with E-state index in [1.54, 1.807) is 0 Å². The van der Waals surface area contributed by atoms with Gasteiger partial charge in [-0.05, 0) is 37.5 Å². The van der Waals surface area contributed by atoms with Crippen molar-refractivity contribution in [1.82, 2.24) is 0 Å². The number of aryl methyl sites for hydroxylation is 1. The van der Waals surface area contributed by atoms with Gasteiger partial charge in [0.15, 0.2) is 5.78 Å². The highest BCUT2D eigenvalue weighted by atomic mass is 16.1. The first-order valence-electron chi connectivity index (χ1n) is 6.47. The van der Waals surface area contributed by atoms with Crippen LogP contribution in [0.3, 0.4) is 0 Å². The minimum absolute atomic E-state index is 0.322. The van der Waals surface area contributed by atoms with Gasteiger partial charge in [0.25, 0.3) is 0 Å². The SMILES string of the molecule is Cc1cccc(N(C)CC(=O)C2CCCC2)c1. The average molecular weight is 231 g/mol. The maximum Gasteiger partial charge on any atom is 0.155 e. The molecule has 1 aromatic rings. The van der Waals surface area contributed by atoms with Crippen molar-refractivity contribution in [2.75, 3.05) is 18.5 Å². The molecule has 0 amide bonds. The van der Waals surface area contributed by atoms with Crippen molar-refractivity contribution in [1.29, 1.82) is 0 Å². The molecule has 1 fully saturated rings. The molecule has 17 heavy (non-hydrogen) atoms. The summed E-state index contributed by atoms with van der Waals surface area (Å²) in [6.45, 7) is 2.63. The summed E-state index contributed by atoms with van der Waals surface area (Å²) in [5, 5.41) is 0. The molecule has 0 bridgehead atoms. The molecule has 0 atom stereocenters. The highest BCUT2D eigenvalue weighted by Crippen LogP contribution is 2.26. The van der Waals surface area contributed by atoms with Gasteiger partial charge in [-0.25, -0.2) is 0 Å². The Balaban J connectivity index is 1.96. The number of nitrogens with zero attached hydrogens (tertiary/aromatic N) is 1. The number of carbonyl (C=O) groups is 1. The van der Waals surface area contributed by atoms with Crippen LogP contribution in [-0.4, -0.2) is 19.4 Å². The van der Waals surface area contributed by atoms with Gasteiger partial charge in [0.1, 0.15) is 0 Å². The zero-order valence-corrected chi connectivity index (χ0v) is 10.8. The fraction of sp³-hybridized carbons (Fsp3) is 0.533. The minimum atomic E-state index is 0.322. The van der Waals surface area contributed by atoms with E-state index in [9.17, 15) is 4.79 Å². The molecule has 0 spiro atoms. The fourth-order valence-electron chi connectivity index (χ4n) is 2.57. The lowest BCUT2D eigenvalue weighted by atomic mass is 10.0. The van der Waals surface area contributed by atoms with E-state index in [0.29, 0.717) is 18.2 Å². The van der Waals surface area contributed by atoms with Gasteiger partial charge in [0.05, 0.1) is 6.54 Å². The first-order valence-corrected chi connectivity index (χ1v) is 6.47. The van der Waals surface area contributed by atoms with E-state index in [1.165, 1.54) is 18.4 Å². The summed E-state index contributed by atoms with van der Waals surface area (Å²) in [5.41, 5.74) is 2.37. The van der Waals surface area contributed by atoms with E-state index < -0.39 is 0 Å². The standard InChI is InChI=1S/C15H21NO/c1-12-6-5-9-14(10-12)16(2)11-15(17)13-7-3-4-8-13/h5-6,9-10,13H,3-4,7-8,11H2,1-2H3. The second-order valence-electron chi connectivity index (χ2n) is 5.14. The summed E-state index contributed by atoms with van der Waals surface area (Å²) >= 11 is 0. The summed E-state index contributed by atoms with van der Waals surface area (Å²) in [4.78, 5) is 14.1. The van der Waals surface area contributed by atoms with Gasteiger partial charge >= 0.3 is 0 Å². The van der Waals surface area contributed by atoms with E-state index in [2.05, 4.69) is 30.0 Å². The molecule has 0 saturated heterocycles. The van der Waals surface area contributed by atoms with Gasteiger partial charge in [-0.1, -0.05) is 25.0 Å². The van der Waals surface area contributed by atoms with Gasteiger partial charge in [0.2, 0.25) is 0 Å². The molecule has 1 aliphatic carbocycles. The van der Waals surface area contributed by atoms with Crippen molar-refractivity contribution in [3.05, 3.63) is 29.8 Å². The highest BCUT2D eigenvalue weighted by Gasteiger charge is 2.23. The van der Waals surface area contributed by atoms with Gasteiger partial charge in [0, 0.05) is 18.7 Å². The van der Waals surface area contributed by atoms with Crippen molar-refractivity contribution >= 4 is 11.5 Å². The van der Waals surface area contributed by atoms with E-state index in [4.69, 9.17) is 0 Å². The van der Waals surface area contributed by atoms with Crippen LogP contribution in [0.5, 0.6) is 0 Å². The monoisotopic (exact) mass is 231 g/mol. The number of Topliss-reactive ketones (excluding diaryl/α,β-unsaturated/α-hetero) is 1. The van der Waals surface area contributed by atoms with Crippen LogP contribution in [-0.2, 0) is 4.79 Å². The van der Waals surface area contributed by atoms with Crippen molar-refractivity contribution in [2.45, 2.75) is 32.6 Å². The van der Waals surface area contributed by atoms with Crippen LogP contribution < -0.4 is 4.90 Å². The second-order valence-corrected chi connectivity index (χ2v) is 5.14. The quantitative estimate of drug-likeness (QED) is 0.793. The Labute approximate surface area is 104 Å². The molecule has 0 N–H and O–H groups in total. The maximum atomic E-state index is 12.1. The molecule has 2 heteroatoms. The van der Waals surface area contributed by atoms with Crippen LogP contribution in [0.1, 0.15) is 31.2 Å². The predicted octanol–water partition coefficient (Wildman–Crippen LogP) is 3.19. The van der Waals surface area contributed by atoms with E-state index in [-0.39, 0.29) is 0 Å². The largest absolute Gasteiger partial charge is 0.367 e. The van der Waals surface area contributed by atoms with Crippen LogP contribution in [0.4, 0.5) is 5.69 Å². The minimum Gasteiger partial charge on any atom is -0.367 e. The Morgan fingerprint density at radius 1 is 1.35 bits per heavy atom. The fourth-order valence-corrected chi connectivity index (χ4v) is 2.57.